The van der Waals surface area contributed by atoms with Gasteiger partial charge in [-0.2, -0.15) is 0 Å². The molecule has 1 fully saturated rings. The molecule has 14 heavy (non-hydrogen) atoms. The molecule has 2 N–H and O–H groups in total. The molecule has 1 atom stereocenters. The Bertz CT molecular complexity index is 261. The highest BCUT2D eigenvalue weighted by Gasteiger charge is 2.19. The van der Waals surface area contributed by atoms with E-state index in [1.165, 1.54) is 0 Å². The average molecular weight is 241 g/mol. The van der Waals surface area contributed by atoms with Crippen molar-refractivity contribution in [2.45, 2.75) is 18.9 Å². The highest BCUT2D eigenvalue weighted by atomic mass is 35.5. The molecule has 0 aromatic rings. The van der Waals surface area contributed by atoms with Crippen LogP contribution in [0.15, 0.2) is 12.7 Å². The van der Waals surface area contributed by atoms with Gasteiger partial charge in [-0.3, -0.25) is 0 Å². The van der Waals surface area contributed by atoms with E-state index in [4.69, 9.17) is 0 Å². The van der Waals surface area contributed by atoms with Crippen molar-refractivity contribution < 1.29 is 8.42 Å². The summed E-state index contributed by atoms with van der Waals surface area (Å²) in [4.78, 5) is 0. The molecule has 1 aliphatic rings. The molecule has 0 aliphatic carbocycles. The molecule has 1 unspecified atom stereocenters. The fourth-order valence-electron chi connectivity index (χ4n) is 1.31. The van der Waals surface area contributed by atoms with Crippen molar-refractivity contribution in [3.63, 3.8) is 0 Å². The number of hydrogen-bond acceptors (Lipinski definition) is 3. The second kappa shape index (κ2) is 6.40. The Labute approximate surface area is 91.6 Å². The first-order chi connectivity index (χ1) is 6.14. The van der Waals surface area contributed by atoms with Gasteiger partial charge in [0.1, 0.15) is 0 Å². The fourth-order valence-corrected chi connectivity index (χ4v) is 2.61. The molecule has 0 spiro atoms. The van der Waals surface area contributed by atoms with Crippen LogP contribution in [0.1, 0.15) is 12.8 Å². The van der Waals surface area contributed by atoms with Crippen molar-refractivity contribution in [1.29, 1.82) is 0 Å². The van der Waals surface area contributed by atoms with Crippen LogP contribution < -0.4 is 10.0 Å². The SMILES string of the molecule is C=CCCS(=O)(=O)NC1CCNC1.Cl. The van der Waals surface area contributed by atoms with Crippen LogP contribution >= 0.6 is 12.4 Å². The predicted octanol–water partition coefficient (Wildman–Crippen LogP) is 0.266. The molecule has 1 rings (SSSR count). The number of halogens is 1. The molecule has 0 bridgehead atoms. The number of rotatable bonds is 5. The van der Waals surface area contributed by atoms with Crippen LogP contribution in [0.3, 0.4) is 0 Å². The lowest BCUT2D eigenvalue weighted by Gasteiger charge is -2.10. The van der Waals surface area contributed by atoms with Crippen LogP contribution in [0.25, 0.3) is 0 Å². The summed E-state index contributed by atoms with van der Waals surface area (Å²) in [6.07, 6.45) is 3.01. The summed E-state index contributed by atoms with van der Waals surface area (Å²) >= 11 is 0. The van der Waals surface area contributed by atoms with Gasteiger partial charge >= 0.3 is 0 Å². The van der Waals surface area contributed by atoms with Crippen molar-refractivity contribution in [2.75, 3.05) is 18.8 Å². The Morgan fingerprint density at radius 1 is 1.57 bits per heavy atom. The van der Waals surface area contributed by atoms with Crippen molar-refractivity contribution in [2.24, 2.45) is 0 Å². The molecule has 4 nitrogen and oxygen atoms in total. The van der Waals surface area contributed by atoms with Gasteiger partial charge in [-0.1, -0.05) is 6.08 Å². The number of nitrogens with one attached hydrogen (secondary N) is 2. The molecule has 6 heteroatoms. The van der Waals surface area contributed by atoms with Crippen LogP contribution in [-0.4, -0.2) is 33.3 Å². The third-order valence-corrected chi connectivity index (χ3v) is 3.46. The Balaban J connectivity index is 0.00000169. The van der Waals surface area contributed by atoms with Gasteiger partial charge in [-0.15, -0.1) is 19.0 Å². The van der Waals surface area contributed by atoms with E-state index in [9.17, 15) is 8.42 Å². The first-order valence-corrected chi connectivity index (χ1v) is 6.11. The van der Waals surface area contributed by atoms with E-state index in [1.807, 2.05) is 0 Å². The summed E-state index contributed by atoms with van der Waals surface area (Å²) < 4.78 is 25.4. The van der Waals surface area contributed by atoms with E-state index in [-0.39, 0.29) is 24.2 Å². The minimum atomic E-state index is -3.09. The Hall–Kier alpha value is -0.100. The highest BCUT2D eigenvalue weighted by Crippen LogP contribution is 2.00. The van der Waals surface area contributed by atoms with Crippen LogP contribution in [0, 0.1) is 0 Å². The summed E-state index contributed by atoms with van der Waals surface area (Å²) in [5.74, 6) is 0.146. The monoisotopic (exact) mass is 240 g/mol. The van der Waals surface area contributed by atoms with E-state index in [1.54, 1.807) is 6.08 Å². The summed E-state index contributed by atoms with van der Waals surface area (Å²) in [7, 11) is -3.09. The molecule has 0 aromatic carbocycles. The zero-order chi connectivity index (χ0) is 9.73. The van der Waals surface area contributed by atoms with E-state index in [0.717, 1.165) is 19.5 Å². The summed E-state index contributed by atoms with van der Waals surface area (Å²) in [5, 5.41) is 3.10. The maximum Gasteiger partial charge on any atom is 0.212 e. The minimum Gasteiger partial charge on any atom is -0.315 e. The van der Waals surface area contributed by atoms with Crippen molar-refractivity contribution in [3.8, 4) is 0 Å². The topological polar surface area (TPSA) is 58.2 Å². The lowest BCUT2D eigenvalue weighted by molar-refractivity contribution is 0.560. The van der Waals surface area contributed by atoms with Crippen LogP contribution in [0.4, 0.5) is 0 Å². The number of allylic oxidation sites excluding steroid dienone is 1. The molecule has 1 aliphatic heterocycles. The maximum absolute atomic E-state index is 11.4. The molecule has 0 aromatic heterocycles. The lowest BCUT2D eigenvalue weighted by atomic mass is 10.3. The zero-order valence-electron chi connectivity index (χ0n) is 8.03. The maximum atomic E-state index is 11.4. The third-order valence-electron chi connectivity index (χ3n) is 2.00. The van der Waals surface area contributed by atoms with Gasteiger partial charge < -0.3 is 5.32 Å². The fraction of sp³-hybridized carbons (Fsp3) is 0.750. The van der Waals surface area contributed by atoms with Gasteiger partial charge in [0.15, 0.2) is 0 Å². The van der Waals surface area contributed by atoms with E-state index < -0.39 is 10.0 Å². The largest absolute Gasteiger partial charge is 0.315 e. The van der Waals surface area contributed by atoms with Gasteiger partial charge in [-0.05, 0) is 19.4 Å². The Kier molecular flexibility index (Phi) is 6.35. The Morgan fingerprint density at radius 2 is 2.29 bits per heavy atom. The first kappa shape index (κ1) is 13.9. The van der Waals surface area contributed by atoms with E-state index >= 15 is 0 Å². The predicted molar refractivity (Wildman–Crippen MR) is 60.3 cm³/mol. The van der Waals surface area contributed by atoms with Crippen molar-refractivity contribution in [3.05, 3.63) is 12.7 Å². The molecule has 1 saturated heterocycles. The summed E-state index contributed by atoms with van der Waals surface area (Å²) in [5.41, 5.74) is 0. The molecule has 1 heterocycles. The summed E-state index contributed by atoms with van der Waals surface area (Å²) in [6.45, 7) is 5.13. The van der Waals surface area contributed by atoms with Crippen molar-refractivity contribution in [1.82, 2.24) is 10.0 Å². The summed E-state index contributed by atoms with van der Waals surface area (Å²) in [6, 6.07) is 0.0785. The molecule has 0 radical (unpaired) electrons. The van der Waals surface area contributed by atoms with Crippen LogP contribution in [-0.2, 0) is 10.0 Å². The van der Waals surface area contributed by atoms with E-state index in [0.29, 0.717) is 6.42 Å². The molecule has 0 amide bonds. The highest BCUT2D eigenvalue weighted by molar-refractivity contribution is 7.89. The van der Waals surface area contributed by atoms with E-state index in [2.05, 4.69) is 16.6 Å². The minimum absolute atomic E-state index is 0. The lowest BCUT2D eigenvalue weighted by Crippen LogP contribution is -2.37. The third kappa shape index (κ3) is 4.95. The van der Waals surface area contributed by atoms with Gasteiger partial charge in [0.2, 0.25) is 10.0 Å². The second-order valence-corrected chi connectivity index (χ2v) is 5.08. The standard InChI is InChI=1S/C8H16N2O2S.ClH/c1-2-3-6-13(11,12)10-8-4-5-9-7-8;/h2,8-10H,1,3-7H2;1H. The normalized spacial score (nSPS) is 21.6. The Morgan fingerprint density at radius 3 is 2.79 bits per heavy atom. The number of hydrogen-bond donors (Lipinski definition) is 2. The molecule has 0 saturated carbocycles. The first-order valence-electron chi connectivity index (χ1n) is 4.45. The average Bonchev–Trinajstić information content (AvgIpc) is 2.52. The second-order valence-electron chi connectivity index (χ2n) is 3.20. The van der Waals surface area contributed by atoms with Gasteiger partial charge in [0, 0.05) is 12.6 Å². The quantitative estimate of drug-likeness (QED) is 0.678. The molecular formula is C8H17ClN2O2S. The molecular weight excluding hydrogens is 224 g/mol. The van der Waals surface area contributed by atoms with Gasteiger partial charge in [0.25, 0.3) is 0 Å². The van der Waals surface area contributed by atoms with Crippen LogP contribution in [0.2, 0.25) is 0 Å². The number of sulfonamides is 1. The van der Waals surface area contributed by atoms with Crippen LogP contribution in [0.5, 0.6) is 0 Å². The van der Waals surface area contributed by atoms with Crippen molar-refractivity contribution >= 4 is 22.4 Å². The van der Waals surface area contributed by atoms with Gasteiger partial charge in [0.05, 0.1) is 5.75 Å². The smallest absolute Gasteiger partial charge is 0.212 e. The zero-order valence-corrected chi connectivity index (χ0v) is 9.66. The van der Waals surface area contributed by atoms with Gasteiger partial charge in [-0.25, -0.2) is 13.1 Å². The molecule has 84 valence electrons.